The predicted octanol–water partition coefficient (Wildman–Crippen LogP) is 3.42. The smallest absolute Gasteiger partial charge is 0.0999 e. The molecule has 4 heteroatoms. The fourth-order valence-electron chi connectivity index (χ4n) is 2.74. The molecule has 1 saturated carbocycles. The lowest BCUT2D eigenvalue weighted by Gasteiger charge is -2.30. The minimum atomic E-state index is -0.461. The molecule has 2 rings (SSSR count). The van der Waals surface area contributed by atoms with Crippen LogP contribution < -0.4 is 0 Å². The first-order chi connectivity index (χ1) is 8.13. The van der Waals surface area contributed by atoms with Gasteiger partial charge in [-0.2, -0.15) is 5.10 Å². The monoisotopic (exact) mass is 256 g/mol. The minimum Gasteiger partial charge on any atom is -0.386 e. The Bertz CT molecular complexity index is 369. The lowest BCUT2D eigenvalue weighted by Crippen LogP contribution is -2.21. The predicted molar refractivity (Wildman–Crippen MR) is 69.0 cm³/mol. The molecule has 0 spiro atoms. The third-order valence-corrected chi connectivity index (χ3v) is 4.21. The Morgan fingerprint density at radius 3 is 2.71 bits per heavy atom. The number of nitrogens with zero attached hydrogens (tertiary/aromatic N) is 2. The molecule has 96 valence electrons. The van der Waals surface area contributed by atoms with E-state index in [1.54, 1.807) is 6.20 Å². The molecule has 1 N–H and O–H groups in total. The van der Waals surface area contributed by atoms with Crippen LogP contribution in [0.4, 0.5) is 0 Å². The second-order valence-corrected chi connectivity index (χ2v) is 5.57. The van der Waals surface area contributed by atoms with Gasteiger partial charge in [0.05, 0.1) is 23.0 Å². The number of hydrogen-bond donors (Lipinski definition) is 1. The van der Waals surface area contributed by atoms with Crippen LogP contribution in [0.1, 0.15) is 51.3 Å². The SMILES string of the molecule is CCn1ncc(Cl)c1C(O)C1CCC(C)CC1. The Morgan fingerprint density at radius 1 is 1.47 bits per heavy atom. The molecule has 1 atom stereocenters. The third kappa shape index (κ3) is 2.66. The number of hydrogen-bond acceptors (Lipinski definition) is 2. The number of aliphatic hydroxyl groups is 1. The summed E-state index contributed by atoms with van der Waals surface area (Å²) in [7, 11) is 0. The van der Waals surface area contributed by atoms with Gasteiger partial charge in [-0.1, -0.05) is 31.4 Å². The zero-order chi connectivity index (χ0) is 12.4. The van der Waals surface area contributed by atoms with Crippen molar-refractivity contribution in [3.63, 3.8) is 0 Å². The number of rotatable bonds is 3. The minimum absolute atomic E-state index is 0.339. The Hall–Kier alpha value is -0.540. The first-order valence-corrected chi connectivity index (χ1v) is 6.90. The van der Waals surface area contributed by atoms with Crippen LogP contribution in [0.3, 0.4) is 0 Å². The maximum absolute atomic E-state index is 10.5. The van der Waals surface area contributed by atoms with Crippen LogP contribution in [-0.4, -0.2) is 14.9 Å². The molecule has 0 radical (unpaired) electrons. The molecule has 1 aliphatic rings. The van der Waals surface area contributed by atoms with Crippen molar-refractivity contribution in [3.05, 3.63) is 16.9 Å². The van der Waals surface area contributed by atoms with Crippen LogP contribution in [0.25, 0.3) is 0 Å². The summed E-state index contributed by atoms with van der Waals surface area (Å²) in [6.07, 6.45) is 5.77. The number of aromatic nitrogens is 2. The summed E-state index contributed by atoms with van der Waals surface area (Å²) in [5.74, 6) is 1.13. The van der Waals surface area contributed by atoms with Crippen LogP contribution in [0.5, 0.6) is 0 Å². The highest BCUT2D eigenvalue weighted by atomic mass is 35.5. The van der Waals surface area contributed by atoms with Crippen molar-refractivity contribution in [2.45, 2.75) is 52.2 Å². The Balaban J connectivity index is 2.13. The maximum atomic E-state index is 10.5. The van der Waals surface area contributed by atoms with Gasteiger partial charge in [-0.05, 0) is 31.6 Å². The second-order valence-electron chi connectivity index (χ2n) is 5.16. The third-order valence-electron chi connectivity index (χ3n) is 3.92. The maximum Gasteiger partial charge on any atom is 0.0999 e. The molecule has 1 aromatic heterocycles. The summed E-state index contributed by atoms with van der Waals surface area (Å²) in [4.78, 5) is 0. The number of aryl methyl sites for hydroxylation is 1. The van der Waals surface area contributed by atoms with E-state index in [0.29, 0.717) is 10.9 Å². The average molecular weight is 257 g/mol. The summed E-state index contributed by atoms with van der Waals surface area (Å²) >= 11 is 6.12. The average Bonchev–Trinajstić information content (AvgIpc) is 2.70. The Kier molecular flexibility index (Phi) is 4.10. The number of halogens is 1. The van der Waals surface area contributed by atoms with Crippen molar-refractivity contribution in [2.24, 2.45) is 11.8 Å². The van der Waals surface area contributed by atoms with Gasteiger partial charge in [0, 0.05) is 6.54 Å². The summed E-state index contributed by atoms with van der Waals surface area (Å²) in [6.45, 7) is 5.05. The molecule has 1 unspecified atom stereocenters. The highest BCUT2D eigenvalue weighted by Crippen LogP contribution is 2.38. The lowest BCUT2D eigenvalue weighted by molar-refractivity contribution is 0.0683. The highest BCUT2D eigenvalue weighted by molar-refractivity contribution is 6.31. The van der Waals surface area contributed by atoms with E-state index in [0.717, 1.165) is 31.0 Å². The fraction of sp³-hybridized carbons (Fsp3) is 0.769. The Morgan fingerprint density at radius 2 is 2.12 bits per heavy atom. The molecule has 0 aromatic carbocycles. The largest absolute Gasteiger partial charge is 0.386 e. The van der Waals surface area contributed by atoms with Crippen LogP contribution in [-0.2, 0) is 6.54 Å². The first-order valence-electron chi connectivity index (χ1n) is 6.52. The summed E-state index contributed by atoms with van der Waals surface area (Å²) in [6, 6.07) is 0. The normalized spacial score (nSPS) is 27.1. The van der Waals surface area contributed by atoms with E-state index in [2.05, 4.69) is 12.0 Å². The van der Waals surface area contributed by atoms with Gasteiger partial charge < -0.3 is 5.11 Å². The molecule has 1 aromatic rings. The molecular formula is C13H21ClN2O. The Labute approximate surface area is 108 Å². The van der Waals surface area contributed by atoms with Crippen molar-refractivity contribution in [2.75, 3.05) is 0 Å². The molecule has 1 fully saturated rings. The van der Waals surface area contributed by atoms with E-state index < -0.39 is 6.10 Å². The molecular weight excluding hydrogens is 236 g/mol. The summed E-state index contributed by atoms with van der Waals surface area (Å²) < 4.78 is 1.81. The van der Waals surface area contributed by atoms with Gasteiger partial charge in [-0.15, -0.1) is 0 Å². The number of aliphatic hydroxyl groups excluding tert-OH is 1. The summed E-state index contributed by atoms with van der Waals surface area (Å²) in [5.41, 5.74) is 0.800. The van der Waals surface area contributed by atoms with E-state index >= 15 is 0 Å². The van der Waals surface area contributed by atoms with Crippen molar-refractivity contribution < 1.29 is 5.11 Å². The molecule has 17 heavy (non-hydrogen) atoms. The van der Waals surface area contributed by atoms with Crippen LogP contribution >= 0.6 is 11.6 Å². The van der Waals surface area contributed by atoms with E-state index in [4.69, 9.17) is 11.6 Å². The standard InChI is InChI=1S/C13H21ClN2O/c1-3-16-12(11(14)8-15-16)13(17)10-6-4-9(2)5-7-10/h8-10,13,17H,3-7H2,1-2H3. The zero-order valence-corrected chi connectivity index (χ0v) is 11.3. The molecule has 1 aliphatic carbocycles. The van der Waals surface area contributed by atoms with Crippen LogP contribution in [0.15, 0.2) is 6.20 Å². The molecule has 3 nitrogen and oxygen atoms in total. The second kappa shape index (κ2) is 5.40. The molecule has 1 heterocycles. The first kappa shape index (κ1) is 12.9. The van der Waals surface area contributed by atoms with Crippen molar-refractivity contribution in [1.82, 2.24) is 9.78 Å². The molecule has 0 saturated heterocycles. The van der Waals surface area contributed by atoms with E-state index in [9.17, 15) is 5.11 Å². The van der Waals surface area contributed by atoms with Crippen LogP contribution in [0.2, 0.25) is 5.02 Å². The van der Waals surface area contributed by atoms with Crippen molar-refractivity contribution in [1.29, 1.82) is 0 Å². The lowest BCUT2D eigenvalue weighted by atomic mass is 9.79. The van der Waals surface area contributed by atoms with Gasteiger partial charge in [0.25, 0.3) is 0 Å². The summed E-state index contributed by atoms with van der Waals surface area (Å²) in [5, 5.41) is 15.3. The van der Waals surface area contributed by atoms with Gasteiger partial charge in [0.2, 0.25) is 0 Å². The van der Waals surface area contributed by atoms with Crippen molar-refractivity contribution in [3.8, 4) is 0 Å². The van der Waals surface area contributed by atoms with Crippen molar-refractivity contribution >= 4 is 11.6 Å². The van der Waals surface area contributed by atoms with E-state index in [1.165, 1.54) is 12.8 Å². The van der Waals surface area contributed by atoms with Gasteiger partial charge in [-0.3, -0.25) is 4.68 Å². The van der Waals surface area contributed by atoms with E-state index in [-0.39, 0.29) is 0 Å². The highest BCUT2D eigenvalue weighted by Gasteiger charge is 2.29. The van der Waals surface area contributed by atoms with Gasteiger partial charge >= 0.3 is 0 Å². The molecule has 0 aliphatic heterocycles. The van der Waals surface area contributed by atoms with Gasteiger partial charge in [0.1, 0.15) is 0 Å². The quantitative estimate of drug-likeness (QED) is 0.900. The van der Waals surface area contributed by atoms with Crippen LogP contribution in [0, 0.1) is 11.8 Å². The topological polar surface area (TPSA) is 38.0 Å². The van der Waals surface area contributed by atoms with Gasteiger partial charge in [0.15, 0.2) is 0 Å². The fourth-order valence-corrected chi connectivity index (χ4v) is 3.00. The molecule has 0 amide bonds. The molecule has 0 bridgehead atoms. The van der Waals surface area contributed by atoms with E-state index in [1.807, 2.05) is 11.6 Å². The zero-order valence-electron chi connectivity index (χ0n) is 10.6. The van der Waals surface area contributed by atoms with Gasteiger partial charge in [-0.25, -0.2) is 0 Å².